The zero-order chi connectivity index (χ0) is 8.84. The molecule has 1 fully saturated rings. The van der Waals surface area contributed by atoms with Crippen LogP contribution < -0.4 is 5.32 Å². The van der Waals surface area contributed by atoms with Gasteiger partial charge < -0.3 is 5.32 Å². The van der Waals surface area contributed by atoms with Gasteiger partial charge in [-0.15, -0.1) is 0 Å². The first-order chi connectivity index (χ1) is 6.34. The van der Waals surface area contributed by atoms with Gasteiger partial charge in [-0.05, 0) is 36.8 Å². The highest BCUT2D eigenvalue weighted by Crippen LogP contribution is 2.44. The lowest BCUT2D eigenvalue weighted by Gasteiger charge is -2.10. The Morgan fingerprint density at radius 1 is 1.31 bits per heavy atom. The van der Waals surface area contributed by atoms with Crippen molar-refractivity contribution in [1.29, 1.82) is 0 Å². The Labute approximate surface area is 79.2 Å². The molecule has 0 saturated heterocycles. The lowest BCUT2D eigenvalue weighted by Crippen LogP contribution is -2.13. The molecule has 0 amide bonds. The Balaban J connectivity index is 2.03. The summed E-state index contributed by atoms with van der Waals surface area (Å²) in [4.78, 5) is 0. The number of hydrogen-bond donors (Lipinski definition) is 1. The van der Waals surface area contributed by atoms with E-state index in [9.17, 15) is 0 Å². The number of nitrogens with one attached hydrogen (secondary N) is 1. The van der Waals surface area contributed by atoms with E-state index in [1.54, 1.807) is 5.56 Å². The molecule has 1 aliphatic carbocycles. The topological polar surface area (TPSA) is 12.0 Å². The number of hydrogen-bond acceptors (Lipinski definition) is 1. The molecule has 1 heteroatoms. The minimum atomic E-state index is 0.676. The highest BCUT2D eigenvalue weighted by molar-refractivity contribution is 5.38. The molecular weight excluding hydrogens is 158 g/mol. The summed E-state index contributed by atoms with van der Waals surface area (Å²) >= 11 is 0. The number of benzene rings is 1. The van der Waals surface area contributed by atoms with Crippen molar-refractivity contribution in [2.45, 2.75) is 32.4 Å². The molecule has 1 saturated carbocycles. The fourth-order valence-corrected chi connectivity index (χ4v) is 2.34. The second-order valence-electron chi connectivity index (χ2n) is 4.40. The Morgan fingerprint density at radius 2 is 2.15 bits per heavy atom. The van der Waals surface area contributed by atoms with E-state index in [0.29, 0.717) is 6.04 Å². The average Bonchev–Trinajstić information content (AvgIpc) is 2.87. The highest BCUT2D eigenvalue weighted by Gasteiger charge is 2.35. The lowest BCUT2D eigenvalue weighted by atomic mass is 9.99. The Kier molecular flexibility index (Phi) is 1.50. The van der Waals surface area contributed by atoms with Crippen LogP contribution in [0.1, 0.15) is 35.6 Å². The fraction of sp³-hybridized carbons (Fsp3) is 0.500. The molecule has 1 atom stereocenters. The van der Waals surface area contributed by atoms with Crippen LogP contribution in [0.5, 0.6) is 0 Å². The summed E-state index contributed by atoms with van der Waals surface area (Å²) in [5, 5.41) is 3.61. The van der Waals surface area contributed by atoms with Crippen LogP contribution in [0.25, 0.3) is 0 Å². The van der Waals surface area contributed by atoms with Crippen molar-refractivity contribution in [1.82, 2.24) is 5.32 Å². The first kappa shape index (κ1) is 7.57. The monoisotopic (exact) mass is 173 g/mol. The number of aryl methyl sites for hydroxylation is 1. The third-order valence-corrected chi connectivity index (χ3v) is 3.24. The maximum atomic E-state index is 3.61. The molecule has 3 rings (SSSR count). The van der Waals surface area contributed by atoms with E-state index >= 15 is 0 Å². The Hall–Kier alpha value is -0.820. The number of rotatable bonds is 1. The smallest absolute Gasteiger partial charge is 0.0354 e. The molecule has 2 aliphatic rings. The van der Waals surface area contributed by atoms with Crippen LogP contribution in [0.15, 0.2) is 18.2 Å². The second-order valence-corrected chi connectivity index (χ2v) is 4.40. The van der Waals surface area contributed by atoms with Crippen molar-refractivity contribution in [2.24, 2.45) is 5.92 Å². The normalized spacial score (nSPS) is 26.1. The molecule has 68 valence electrons. The van der Waals surface area contributed by atoms with E-state index in [0.717, 1.165) is 12.5 Å². The van der Waals surface area contributed by atoms with Crippen LogP contribution in [-0.4, -0.2) is 0 Å². The van der Waals surface area contributed by atoms with E-state index < -0.39 is 0 Å². The van der Waals surface area contributed by atoms with Gasteiger partial charge in [-0.2, -0.15) is 0 Å². The third-order valence-electron chi connectivity index (χ3n) is 3.24. The zero-order valence-corrected chi connectivity index (χ0v) is 8.01. The Morgan fingerprint density at radius 3 is 2.92 bits per heavy atom. The minimum Gasteiger partial charge on any atom is -0.306 e. The predicted molar refractivity (Wildman–Crippen MR) is 53.5 cm³/mol. The van der Waals surface area contributed by atoms with E-state index in [2.05, 4.69) is 30.4 Å². The maximum absolute atomic E-state index is 3.61. The van der Waals surface area contributed by atoms with Crippen LogP contribution in [0, 0.1) is 12.8 Å². The van der Waals surface area contributed by atoms with Gasteiger partial charge in [0.05, 0.1) is 0 Å². The first-order valence-electron chi connectivity index (χ1n) is 5.17. The maximum Gasteiger partial charge on any atom is 0.0354 e. The van der Waals surface area contributed by atoms with Crippen molar-refractivity contribution in [2.75, 3.05) is 0 Å². The summed E-state index contributed by atoms with van der Waals surface area (Å²) in [5.74, 6) is 0.933. The molecule has 1 aliphatic heterocycles. The Bertz CT molecular complexity index is 339. The van der Waals surface area contributed by atoms with Gasteiger partial charge in [0.25, 0.3) is 0 Å². The quantitative estimate of drug-likeness (QED) is 0.688. The van der Waals surface area contributed by atoms with Crippen molar-refractivity contribution >= 4 is 0 Å². The summed E-state index contributed by atoms with van der Waals surface area (Å²) < 4.78 is 0. The average molecular weight is 173 g/mol. The summed E-state index contributed by atoms with van der Waals surface area (Å²) in [6.45, 7) is 3.26. The summed E-state index contributed by atoms with van der Waals surface area (Å²) in [6.07, 6.45) is 2.84. The number of fused-ring (bicyclic) bond motifs is 1. The molecule has 1 heterocycles. The van der Waals surface area contributed by atoms with Crippen molar-refractivity contribution in [3.8, 4) is 0 Å². The van der Waals surface area contributed by atoms with Gasteiger partial charge in [0, 0.05) is 12.6 Å². The van der Waals surface area contributed by atoms with Gasteiger partial charge in [-0.25, -0.2) is 0 Å². The van der Waals surface area contributed by atoms with E-state index in [1.807, 2.05) is 0 Å². The van der Waals surface area contributed by atoms with Gasteiger partial charge in [0.2, 0.25) is 0 Å². The van der Waals surface area contributed by atoms with Gasteiger partial charge in [0.15, 0.2) is 0 Å². The van der Waals surface area contributed by atoms with E-state index in [4.69, 9.17) is 0 Å². The SMILES string of the molecule is Cc1ccc2c(c1)C(C1CC1)NC2. The fourth-order valence-electron chi connectivity index (χ4n) is 2.34. The van der Waals surface area contributed by atoms with Crippen LogP contribution in [-0.2, 0) is 6.54 Å². The summed E-state index contributed by atoms with van der Waals surface area (Å²) in [7, 11) is 0. The first-order valence-corrected chi connectivity index (χ1v) is 5.17. The molecule has 0 bridgehead atoms. The molecule has 0 aromatic heterocycles. The standard InChI is InChI=1S/C12H15N/c1-8-2-3-10-7-13-12(9-4-5-9)11(10)6-8/h2-3,6,9,12-13H,4-5,7H2,1H3. The molecule has 0 spiro atoms. The van der Waals surface area contributed by atoms with Crippen LogP contribution in [0.3, 0.4) is 0 Å². The van der Waals surface area contributed by atoms with Gasteiger partial charge in [0.1, 0.15) is 0 Å². The predicted octanol–water partition coefficient (Wildman–Crippen LogP) is 2.55. The molecular formula is C12H15N. The molecule has 1 aromatic rings. The van der Waals surface area contributed by atoms with Crippen LogP contribution in [0.4, 0.5) is 0 Å². The minimum absolute atomic E-state index is 0.676. The molecule has 0 radical (unpaired) electrons. The van der Waals surface area contributed by atoms with Gasteiger partial charge in [-0.1, -0.05) is 23.8 Å². The summed E-state index contributed by atoms with van der Waals surface area (Å²) in [5.41, 5.74) is 4.48. The largest absolute Gasteiger partial charge is 0.306 e. The third kappa shape index (κ3) is 1.19. The van der Waals surface area contributed by atoms with Crippen LogP contribution in [0.2, 0.25) is 0 Å². The van der Waals surface area contributed by atoms with Crippen molar-refractivity contribution in [3.05, 3.63) is 34.9 Å². The molecule has 1 N–H and O–H groups in total. The lowest BCUT2D eigenvalue weighted by molar-refractivity contribution is 0.523. The van der Waals surface area contributed by atoms with Gasteiger partial charge in [-0.3, -0.25) is 0 Å². The van der Waals surface area contributed by atoms with Crippen molar-refractivity contribution < 1.29 is 0 Å². The summed E-state index contributed by atoms with van der Waals surface area (Å²) in [6, 6.07) is 7.53. The second kappa shape index (κ2) is 2.58. The van der Waals surface area contributed by atoms with Crippen LogP contribution >= 0.6 is 0 Å². The zero-order valence-electron chi connectivity index (χ0n) is 8.01. The molecule has 1 nitrogen and oxygen atoms in total. The van der Waals surface area contributed by atoms with Gasteiger partial charge >= 0.3 is 0 Å². The molecule has 13 heavy (non-hydrogen) atoms. The van der Waals surface area contributed by atoms with Crippen molar-refractivity contribution in [3.63, 3.8) is 0 Å². The van der Waals surface area contributed by atoms with E-state index in [-0.39, 0.29) is 0 Å². The molecule has 1 aromatic carbocycles. The van der Waals surface area contributed by atoms with E-state index in [1.165, 1.54) is 24.0 Å². The highest BCUT2D eigenvalue weighted by atomic mass is 15.0. The molecule has 1 unspecified atom stereocenters.